The molecule has 0 radical (unpaired) electrons. The van der Waals surface area contributed by atoms with Gasteiger partial charge in [-0.05, 0) is 45.0 Å². The molecule has 0 aliphatic rings. The van der Waals surface area contributed by atoms with Crippen LogP contribution in [0.5, 0.6) is 0 Å². The van der Waals surface area contributed by atoms with Gasteiger partial charge in [0, 0.05) is 21.7 Å². The lowest BCUT2D eigenvalue weighted by atomic mass is 9.93. The van der Waals surface area contributed by atoms with Crippen molar-refractivity contribution in [2.45, 2.75) is 6.54 Å². The van der Waals surface area contributed by atoms with Crippen LogP contribution in [0.15, 0.2) is 131 Å². The number of aliphatic imine (C=N–C) groups is 1. The molecule has 0 atom stereocenters. The fourth-order valence-corrected chi connectivity index (χ4v) is 5.40. The van der Waals surface area contributed by atoms with Gasteiger partial charge >= 0.3 is 0 Å². The van der Waals surface area contributed by atoms with E-state index < -0.39 is 0 Å². The molecule has 0 saturated carbocycles. The van der Waals surface area contributed by atoms with E-state index in [0.717, 1.165) is 55.0 Å². The maximum absolute atomic E-state index is 6.79. The van der Waals surface area contributed by atoms with Crippen molar-refractivity contribution >= 4 is 49.3 Å². The van der Waals surface area contributed by atoms with Crippen LogP contribution in [0.4, 0.5) is 0 Å². The molecule has 2 N–H and O–H groups in total. The first-order chi connectivity index (χ1) is 18.3. The van der Waals surface area contributed by atoms with Gasteiger partial charge in [0.2, 0.25) is 0 Å². The minimum absolute atomic E-state index is 0.503. The van der Waals surface area contributed by atoms with Gasteiger partial charge in [0.05, 0.1) is 6.54 Å². The highest BCUT2D eigenvalue weighted by Gasteiger charge is 2.18. The van der Waals surface area contributed by atoms with E-state index >= 15 is 0 Å². The molecule has 1 heterocycles. The normalized spacial score (nSPS) is 12.2. The average Bonchev–Trinajstić information content (AvgIpc) is 3.35. The largest absolute Gasteiger partial charge is 0.455 e. The summed E-state index contributed by atoms with van der Waals surface area (Å²) in [7, 11) is 0. The quantitative estimate of drug-likeness (QED) is 0.205. The summed E-state index contributed by atoms with van der Waals surface area (Å²) in [6.45, 7) is 0.503. The Morgan fingerprint density at radius 3 is 2.24 bits per heavy atom. The molecule has 0 unspecified atom stereocenters. The van der Waals surface area contributed by atoms with Crippen molar-refractivity contribution in [1.82, 2.24) is 0 Å². The highest BCUT2D eigenvalue weighted by molar-refractivity contribution is 6.25. The second kappa shape index (κ2) is 8.65. The number of furan rings is 1. The predicted octanol–water partition coefficient (Wildman–Crippen LogP) is 8.46. The first-order valence-corrected chi connectivity index (χ1v) is 12.5. The second-order valence-corrected chi connectivity index (χ2v) is 9.33. The maximum Gasteiger partial charge on any atom is 0.144 e. The third-order valence-corrected chi connectivity index (χ3v) is 7.16. The number of nitrogens with zero attached hydrogens (tertiary/aromatic N) is 1. The van der Waals surface area contributed by atoms with E-state index in [1.165, 1.54) is 10.8 Å². The van der Waals surface area contributed by atoms with Crippen LogP contribution in [0, 0.1) is 0 Å². The van der Waals surface area contributed by atoms with Crippen LogP contribution in [0.2, 0.25) is 0 Å². The van der Waals surface area contributed by atoms with Gasteiger partial charge in [0.15, 0.2) is 0 Å². The summed E-state index contributed by atoms with van der Waals surface area (Å²) in [6, 6.07) is 41.8. The maximum atomic E-state index is 6.79. The minimum atomic E-state index is 0.503. The molecule has 6 aromatic carbocycles. The van der Waals surface area contributed by atoms with Crippen LogP contribution >= 0.6 is 0 Å². The number of hydrogen-bond donors (Lipinski definition) is 1. The summed E-state index contributed by atoms with van der Waals surface area (Å²) in [4.78, 5) is 4.91. The first kappa shape index (κ1) is 21.4. The third-order valence-electron chi connectivity index (χ3n) is 7.16. The lowest BCUT2D eigenvalue weighted by molar-refractivity contribution is 0.672. The molecule has 0 bridgehead atoms. The predicted molar refractivity (Wildman–Crippen MR) is 155 cm³/mol. The molecule has 7 rings (SSSR count). The van der Waals surface area contributed by atoms with E-state index in [-0.39, 0.29) is 0 Å². The molecule has 0 spiro atoms. The van der Waals surface area contributed by atoms with Crippen LogP contribution in [0.25, 0.3) is 54.6 Å². The summed E-state index contributed by atoms with van der Waals surface area (Å²) >= 11 is 0. The number of para-hydroxylation sites is 1. The van der Waals surface area contributed by atoms with Crippen LogP contribution < -0.4 is 5.73 Å². The van der Waals surface area contributed by atoms with E-state index in [1.54, 1.807) is 0 Å². The SMILES string of the molecule is NC(=NCc1cccc2ccccc12)c1cc2c(-c3ccccc3)cccc2c2oc3ccccc3c12. The zero-order valence-corrected chi connectivity index (χ0v) is 20.2. The Kier molecular flexibility index (Phi) is 5.00. The monoisotopic (exact) mass is 476 g/mol. The van der Waals surface area contributed by atoms with Gasteiger partial charge in [-0.1, -0.05) is 109 Å². The van der Waals surface area contributed by atoms with Crippen molar-refractivity contribution in [3.05, 3.63) is 132 Å². The van der Waals surface area contributed by atoms with Crippen molar-refractivity contribution in [2.75, 3.05) is 0 Å². The summed E-state index contributed by atoms with van der Waals surface area (Å²) in [5.74, 6) is 0.509. The molecule has 37 heavy (non-hydrogen) atoms. The summed E-state index contributed by atoms with van der Waals surface area (Å²) < 4.78 is 6.46. The van der Waals surface area contributed by atoms with Crippen molar-refractivity contribution < 1.29 is 4.42 Å². The van der Waals surface area contributed by atoms with Crippen molar-refractivity contribution in [2.24, 2.45) is 10.7 Å². The Balaban J connectivity index is 1.48. The summed E-state index contributed by atoms with van der Waals surface area (Å²) in [6.07, 6.45) is 0. The van der Waals surface area contributed by atoms with Crippen LogP contribution in [0.1, 0.15) is 11.1 Å². The molecule has 0 fully saturated rings. The lowest BCUT2D eigenvalue weighted by Gasteiger charge is -2.11. The number of amidine groups is 1. The summed E-state index contributed by atoms with van der Waals surface area (Å²) in [5.41, 5.74) is 12.8. The Labute approximate surface area is 214 Å². The molecule has 176 valence electrons. The summed E-state index contributed by atoms with van der Waals surface area (Å²) in [5, 5.41) is 6.62. The Hall–Kier alpha value is -4.89. The van der Waals surface area contributed by atoms with Gasteiger partial charge in [-0.15, -0.1) is 0 Å². The van der Waals surface area contributed by atoms with Gasteiger partial charge in [-0.3, -0.25) is 4.99 Å². The van der Waals surface area contributed by atoms with Gasteiger partial charge in [0.1, 0.15) is 17.0 Å². The van der Waals surface area contributed by atoms with E-state index in [0.29, 0.717) is 12.4 Å². The Morgan fingerprint density at radius 1 is 0.649 bits per heavy atom. The van der Waals surface area contributed by atoms with Crippen molar-refractivity contribution in [3.63, 3.8) is 0 Å². The van der Waals surface area contributed by atoms with Crippen molar-refractivity contribution in [1.29, 1.82) is 0 Å². The zero-order valence-electron chi connectivity index (χ0n) is 20.2. The molecule has 0 aliphatic heterocycles. The number of hydrogen-bond acceptors (Lipinski definition) is 2. The second-order valence-electron chi connectivity index (χ2n) is 9.33. The highest BCUT2D eigenvalue weighted by Crippen LogP contribution is 2.40. The van der Waals surface area contributed by atoms with Crippen molar-refractivity contribution in [3.8, 4) is 11.1 Å². The molecule has 1 aromatic heterocycles. The highest BCUT2D eigenvalue weighted by atomic mass is 16.3. The van der Waals surface area contributed by atoms with Gasteiger partial charge in [-0.25, -0.2) is 0 Å². The Bertz CT molecular complexity index is 1960. The van der Waals surface area contributed by atoms with Crippen LogP contribution in [-0.4, -0.2) is 5.84 Å². The van der Waals surface area contributed by atoms with Gasteiger partial charge in [0.25, 0.3) is 0 Å². The number of fused-ring (bicyclic) bond motifs is 6. The van der Waals surface area contributed by atoms with E-state index in [2.05, 4.69) is 97.1 Å². The molecule has 0 saturated heterocycles. The lowest BCUT2D eigenvalue weighted by Crippen LogP contribution is -2.14. The van der Waals surface area contributed by atoms with E-state index in [9.17, 15) is 0 Å². The average molecular weight is 477 g/mol. The van der Waals surface area contributed by atoms with E-state index in [1.807, 2.05) is 24.3 Å². The van der Waals surface area contributed by atoms with Crippen LogP contribution in [0.3, 0.4) is 0 Å². The molecule has 3 nitrogen and oxygen atoms in total. The number of benzene rings is 6. The first-order valence-electron chi connectivity index (χ1n) is 12.5. The standard InChI is InChI=1S/C34H24N2O/c35-34(36-21-24-14-8-13-22-12-4-5-15-25(22)24)30-20-29-26(23-10-2-1-3-11-23)17-9-18-27(29)33-32(30)28-16-6-7-19-31(28)37-33/h1-20H,21H2,(H2,35,36). The molecule has 0 aliphatic carbocycles. The number of rotatable bonds is 4. The minimum Gasteiger partial charge on any atom is -0.455 e. The fraction of sp³-hybridized carbons (Fsp3) is 0.0294. The topological polar surface area (TPSA) is 51.5 Å². The van der Waals surface area contributed by atoms with Gasteiger partial charge in [-0.2, -0.15) is 0 Å². The van der Waals surface area contributed by atoms with Gasteiger partial charge < -0.3 is 10.2 Å². The zero-order chi connectivity index (χ0) is 24.8. The molecular formula is C34H24N2O. The number of nitrogens with two attached hydrogens (primary N) is 1. The fourth-order valence-electron chi connectivity index (χ4n) is 5.40. The molecule has 0 amide bonds. The molecule has 3 heteroatoms. The Morgan fingerprint density at radius 2 is 1.35 bits per heavy atom. The molecule has 7 aromatic rings. The smallest absolute Gasteiger partial charge is 0.144 e. The third kappa shape index (κ3) is 3.56. The van der Waals surface area contributed by atoms with E-state index in [4.69, 9.17) is 15.1 Å². The molecular weight excluding hydrogens is 452 g/mol. The van der Waals surface area contributed by atoms with Crippen LogP contribution in [-0.2, 0) is 6.54 Å².